The third-order valence-corrected chi connectivity index (χ3v) is 6.98. The van der Waals surface area contributed by atoms with Crippen LogP contribution in [0.3, 0.4) is 0 Å². The Bertz CT molecular complexity index is 687. The van der Waals surface area contributed by atoms with Gasteiger partial charge < -0.3 is 0 Å². The third-order valence-electron chi connectivity index (χ3n) is 6.98. The zero-order valence-electron chi connectivity index (χ0n) is 14.6. The van der Waals surface area contributed by atoms with E-state index in [1.54, 1.807) is 0 Å². The maximum absolute atomic E-state index is 12.7. The van der Waals surface area contributed by atoms with Gasteiger partial charge >= 0.3 is 6.18 Å². The highest BCUT2D eigenvalue weighted by atomic mass is 19.4. The van der Waals surface area contributed by atoms with E-state index in [2.05, 4.69) is 0 Å². The molecule has 1 heterocycles. The number of rotatable bonds is 3. The highest BCUT2D eigenvalue weighted by Crippen LogP contribution is 2.56. The van der Waals surface area contributed by atoms with Crippen LogP contribution in [0.2, 0.25) is 0 Å². The van der Waals surface area contributed by atoms with Crippen molar-refractivity contribution in [3.63, 3.8) is 0 Å². The smallest absolute Gasteiger partial charge is 0.272 e. The van der Waals surface area contributed by atoms with Crippen LogP contribution in [0, 0.1) is 23.7 Å². The molecule has 3 nitrogen and oxygen atoms in total. The molecule has 5 aliphatic rings. The second-order valence-corrected chi connectivity index (χ2v) is 8.68. The molecule has 0 spiro atoms. The first-order valence-corrected chi connectivity index (χ1v) is 9.61. The molecule has 0 radical (unpaired) electrons. The van der Waals surface area contributed by atoms with E-state index in [-0.39, 0.29) is 5.91 Å². The highest BCUT2D eigenvalue weighted by Gasteiger charge is 2.54. The Morgan fingerprint density at radius 1 is 0.923 bits per heavy atom. The summed E-state index contributed by atoms with van der Waals surface area (Å²) in [5, 5.41) is 4.00. The van der Waals surface area contributed by atoms with E-state index in [9.17, 15) is 18.0 Å². The summed E-state index contributed by atoms with van der Waals surface area (Å²) in [5.41, 5.74) is 0.193. The number of benzene rings is 1. The number of nitrogens with zero attached hydrogens (tertiary/aromatic N) is 2. The Kier molecular flexibility index (Phi) is 3.65. The first-order chi connectivity index (χ1) is 12.4. The molecule has 1 aromatic carbocycles. The SMILES string of the molecule is O=C1CN(Cc2ccc(C(F)(F)F)cc2)N1C1C2CC3CC(C2)CC1C3. The molecule has 4 saturated carbocycles. The predicted molar refractivity (Wildman–Crippen MR) is 89.5 cm³/mol. The van der Waals surface area contributed by atoms with Crippen molar-refractivity contribution in [2.75, 3.05) is 6.54 Å². The molecule has 0 N–H and O–H groups in total. The van der Waals surface area contributed by atoms with Gasteiger partial charge in [0.1, 0.15) is 0 Å². The minimum absolute atomic E-state index is 0.175. The fraction of sp³-hybridized carbons (Fsp3) is 0.650. The normalized spacial score (nSPS) is 36.5. The number of halogens is 3. The number of amides is 1. The number of hydrogen-bond acceptors (Lipinski definition) is 2. The van der Waals surface area contributed by atoms with Gasteiger partial charge in [0.2, 0.25) is 0 Å². The minimum Gasteiger partial charge on any atom is -0.272 e. The van der Waals surface area contributed by atoms with Gasteiger partial charge in [-0.1, -0.05) is 12.1 Å². The van der Waals surface area contributed by atoms with E-state index in [0.29, 0.717) is 31.0 Å². The van der Waals surface area contributed by atoms with Crippen molar-refractivity contribution in [3.8, 4) is 0 Å². The molecule has 0 unspecified atom stereocenters. The van der Waals surface area contributed by atoms with Crippen LogP contribution in [0.4, 0.5) is 13.2 Å². The average Bonchev–Trinajstić information content (AvgIpc) is 2.56. The van der Waals surface area contributed by atoms with Crippen molar-refractivity contribution in [3.05, 3.63) is 35.4 Å². The second kappa shape index (κ2) is 5.72. The van der Waals surface area contributed by atoms with Gasteiger partial charge in [-0.3, -0.25) is 9.80 Å². The maximum Gasteiger partial charge on any atom is 0.416 e. The van der Waals surface area contributed by atoms with Crippen molar-refractivity contribution in [2.45, 2.75) is 50.9 Å². The minimum atomic E-state index is -4.31. The van der Waals surface area contributed by atoms with Crippen LogP contribution in [-0.4, -0.2) is 28.5 Å². The Labute approximate surface area is 151 Å². The van der Waals surface area contributed by atoms with Gasteiger partial charge in [-0.15, -0.1) is 0 Å². The summed E-state index contributed by atoms with van der Waals surface area (Å²) in [6.45, 7) is 0.885. The molecule has 0 atom stereocenters. The zero-order chi connectivity index (χ0) is 18.1. The van der Waals surface area contributed by atoms with E-state index in [1.807, 2.05) is 10.0 Å². The molecule has 4 aliphatic carbocycles. The van der Waals surface area contributed by atoms with Crippen LogP contribution in [0.5, 0.6) is 0 Å². The molecular weight excluding hydrogens is 341 g/mol. The summed E-state index contributed by atoms with van der Waals surface area (Å²) in [6.07, 6.45) is 2.05. The summed E-state index contributed by atoms with van der Waals surface area (Å²) in [5.74, 6) is 3.12. The molecule has 1 saturated heterocycles. The summed E-state index contributed by atoms with van der Waals surface area (Å²) >= 11 is 0. The molecule has 6 heteroatoms. The van der Waals surface area contributed by atoms with Gasteiger partial charge in [-0.25, -0.2) is 5.01 Å². The number of hydrazine groups is 1. The highest BCUT2D eigenvalue weighted by molar-refractivity contribution is 5.82. The van der Waals surface area contributed by atoms with Gasteiger partial charge in [0.15, 0.2) is 0 Å². The van der Waals surface area contributed by atoms with Gasteiger partial charge in [0, 0.05) is 6.54 Å². The van der Waals surface area contributed by atoms with Crippen LogP contribution in [0.25, 0.3) is 0 Å². The van der Waals surface area contributed by atoms with Gasteiger partial charge in [-0.05, 0) is 73.5 Å². The molecule has 1 aliphatic heterocycles. The molecule has 6 rings (SSSR count). The lowest BCUT2D eigenvalue weighted by Crippen LogP contribution is -2.70. The van der Waals surface area contributed by atoms with Crippen LogP contribution < -0.4 is 0 Å². The fourth-order valence-electron chi connectivity index (χ4n) is 6.18. The van der Waals surface area contributed by atoms with Crippen LogP contribution in [0.1, 0.15) is 43.2 Å². The Balaban J connectivity index is 1.31. The first-order valence-electron chi connectivity index (χ1n) is 9.61. The second-order valence-electron chi connectivity index (χ2n) is 8.68. The maximum atomic E-state index is 12.7. The van der Waals surface area contributed by atoms with E-state index >= 15 is 0 Å². The summed E-state index contributed by atoms with van der Waals surface area (Å²) in [6, 6.07) is 5.63. The van der Waals surface area contributed by atoms with E-state index < -0.39 is 11.7 Å². The van der Waals surface area contributed by atoms with Gasteiger partial charge in [-0.2, -0.15) is 13.2 Å². The van der Waals surface area contributed by atoms with Crippen LogP contribution in [-0.2, 0) is 17.5 Å². The van der Waals surface area contributed by atoms with Crippen molar-refractivity contribution in [1.29, 1.82) is 0 Å². The van der Waals surface area contributed by atoms with Crippen molar-refractivity contribution in [1.82, 2.24) is 10.0 Å². The molecule has 4 bridgehead atoms. The predicted octanol–water partition coefficient (Wildman–Crippen LogP) is 4.09. The molecule has 1 amide bonds. The number of alkyl halides is 3. The zero-order valence-corrected chi connectivity index (χ0v) is 14.6. The molecule has 26 heavy (non-hydrogen) atoms. The summed E-state index contributed by atoms with van der Waals surface area (Å²) in [4.78, 5) is 12.4. The number of carbonyl (C=O) groups excluding carboxylic acids is 1. The summed E-state index contributed by atoms with van der Waals surface area (Å²) in [7, 11) is 0. The Morgan fingerprint density at radius 3 is 2.00 bits per heavy atom. The summed E-state index contributed by atoms with van der Waals surface area (Å²) < 4.78 is 38.2. The number of hydrogen-bond donors (Lipinski definition) is 0. The molecule has 1 aromatic rings. The molecular formula is C20H23F3N2O. The van der Waals surface area contributed by atoms with Crippen molar-refractivity contribution in [2.24, 2.45) is 23.7 Å². The fourth-order valence-corrected chi connectivity index (χ4v) is 6.18. The monoisotopic (exact) mass is 364 g/mol. The Hall–Kier alpha value is -1.56. The lowest BCUT2D eigenvalue weighted by atomic mass is 9.54. The quantitative estimate of drug-likeness (QED) is 0.807. The van der Waals surface area contributed by atoms with Crippen LogP contribution >= 0.6 is 0 Å². The van der Waals surface area contributed by atoms with E-state index in [0.717, 1.165) is 29.5 Å². The molecule has 5 fully saturated rings. The largest absolute Gasteiger partial charge is 0.416 e. The Morgan fingerprint density at radius 2 is 1.50 bits per heavy atom. The third kappa shape index (κ3) is 2.65. The average molecular weight is 364 g/mol. The van der Waals surface area contributed by atoms with E-state index in [1.165, 1.54) is 44.2 Å². The van der Waals surface area contributed by atoms with Gasteiger partial charge in [0.05, 0.1) is 18.2 Å². The molecule has 140 valence electrons. The first kappa shape index (κ1) is 16.6. The van der Waals surface area contributed by atoms with E-state index in [4.69, 9.17) is 0 Å². The van der Waals surface area contributed by atoms with Crippen molar-refractivity contribution < 1.29 is 18.0 Å². The van der Waals surface area contributed by atoms with Crippen LogP contribution in [0.15, 0.2) is 24.3 Å². The topological polar surface area (TPSA) is 23.6 Å². The number of carbonyl (C=O) groups is 1. The van der Waals surface area contributed by atoms with Gasteiger partial charge in [0.25, 0.3) is 5.91 Å². The lowest BCUT2D eigenvalue weighted by molar-refractivity contribution is -0.213. The molecule has 0 aromatic heterocycles. The lowest BCUT2D eigenvalue weighted by Gasteiger charge is -2.61. The standard InChI is InChI=1S/C20H23F3N2O/c21-20(22,23)17-3-1-12(2-4-17)10-24-11-18(26)25(24)19-15-6-13-5-14(8-15)9-16(19)7-13/h1-4,13-16,19H,5-11H2. The van der Waals surface area contributed by atoms with Crippen molar-refractivity contribution >= 4 is 5.91 Å².